The lowest BCUT2D eigenvalue weighted by Gasteiger charge is -2.10. The van der Waals surface area contributed by atoms with Gasteiger partial charge in [-0.25, -0.2) is 4.98 Å². The minimum atomic E-state index is -0.00509. The van der Waals surface area contributed by atoms with Gasteiger partial charge < -0.3 is 9.88 Å². The highest BCUT2D eigenvalue weighted by Gasteiger charge is 2.32. The molecule has 1 aliphatic carbocycles. The summed E-state index contributed by atoms with van der Waals surface area (Å²) in [5.41, 5.74) is -0.00509. The average molecular weight is 235 g/mol. The maximum atomic E-state index is 12.1. The molecule has 2 rings (SSSR count). The Morgan fingerprint density at radius 1 is 1.59 bits per heavy atom. The minimum absolute atomic E-state index is 0.00509. The molecular formula is C13H21N3O. The molecule has 0 aromatic carbocycles. The van der Waals surface area contributed by atoms with E-state index in [4.69, 9.17) is 0 Å². The van der Waals surface area contributed by atoms with Gasteiger partial charge in [-0.2, -0.15) is 0 Å². The van der Waals surface area contributed by atoms with Crippen molar-refractivity contribution >= 4 is 5.82 Å². The SMILES string of the molecule is CC(C)Cn1ccnc(NCC2CC2C)c1=O. The molecule has 1 saturated carbocycles. The summed E-state index contributed by atoms with van der Waals surface area (Å²) in [6.45, 7) is 8.06. The lowest BCUT2D eigenvalue weighted by Crippen LogP contribution is -2.26. The smallest absolute Gasteiger partial charge is 0.293 e. The van der Waals surface area contributed by atoms with Gasteiger partial charge in [-0.1, -0.05) is 20.8 Å². The molecule has 2 unspecified atom stereocenters. The van der Waals surface area contributed by atoms with Crippen LogP contribution in [0, 0.1) is 17.8 Å². The van der Waals surface area contributed by atoms with Crippen LogP contribution in [0.25, 0.3) is 0 Å². The highest BCUT2D eigenvalue weighted by molar-refractivity contribution is 5.31. The zero-order chi connectivity index (χ0) is 12.4. The molecule has 0 amide bonds. The lowest BCUT2D eigenvalue weighted by molar-refractivity contribution is 0.509. The van der Waals surface area contributed by atoms with Gasteiger partial charge in [0.1, 0.15) is 0 Å². The molecule has 4 nitrogen and oxygen atoms in total. The van der Waals surface area contributed by atoms with Gasteiger partial charge in [0.05, 0.1) is 0 Å². The van der Waals surface area contributed by atoms with Crippen molar-refractivity contribution in [2.45, 2.75) is 33.7 Å². The number of rotatable bonds is 5. The summed E-state index contributed by atoms with van der Waals surface area (Å²) in [4.78, 5) is 16.2. The van der Waals surface area contributed by atoms with E-state index in [0.29, 0.717) is 11.7 Å². The highest BCUT2D eigenvalue weighted by atomic mass is 16.1. The number of anilines is 1. The van der Waals surface area contributed by atoms with E-state index in [1.54, 1.807) is 17.0 Å². The first-order chi connectivity index (χ1) is 8.08. The summed E-state index contributed by atoms with van der Waals surface area (Å²) in [6, 6.07) is 0. The maximum Gasteiger partial charge on any atom is 0.293 e. The monoisotopic (exact) mass is 235 g/mol. The molecule has 1 aromatic heterocycles. The normalized spacial score (nSPS) is 22.8. The molecule has 94 valence electrons. The van der Waals surface area contributed by atoms with Gasteiger partial charge in [0.25, 0.3) is 5.56 Å². The second kappa shape index (κ2) is 4.90. The Kier molecular flexibility index (Phi) is 3.50. The molecular weight excluding hydrogens is 214 g/mol. The third-order valence-electron chi connectivity index (χ3n) is 3.28. The number of hydrogen-bond acceptors (Lipinski definition) is 3. The van der Waals surface area contributed by atoms with Gasteiger partial charge in [-0.05, 0) is 24.2 Å². The molecule has 17 heavy (non-hydrogen) atoms. The van der Waals surface area contributed by atoms with Crippen LogP contribution in [0.15, 0.2) is 17.2 Å². The van der Waals surface area contributed by atoms with Crippen LogP contribution in [-0.2, 0) is 6.54 Å². The molecule has 0 spiro atoms. The van der Waals surface area contributed by atoms with Crippen LogP contribution in [0.2, 0.25) is 0 Å². The van der Waals surface area contributed by atoms with Crippen molar-refractivity contribution in [1.82, 2.24) is 9.55 Å². The van der Waals surface area contributed by atoms with E-state index in [-0.39, 0.29) is 5.56 Å². The van der Waals surface area contributed by atoms with Gasteiger partial charge in [-0.15, -0.1) is 0 Å². The van der Waals surface area contributed by atoms with Crippen LogP contribution in [0.5, 0.6) is 0 Å². The minimum Gasteiger partial charge on any atom is -0.365 e. The standard InChI is InChI=1S/C13H21N3O/c1-9(2)8-16-5-4-14-12(13(16)17)15-7-11-6-10(11)3/h4-5,9-11H,6-8H2,1-3H3,(H,14,15). The van der Waals surface area contributed by atoms with E-state index in [2.05, 4.69) is 31.1 Å². The Bertz CT molecular complexity index is 439. The molecule has 1 fully saturated rings. The van der Waals surface area contributed by atoms with Crippen molar-refractivity contribution in [2.75, 3.05) is 11.9 Å². The molecule has 0 saturated heterocycles. The topological polar surface area (TPSA) is 46.9 Å². The first kappa shape index (κ1) is 12.1. The number of aromatic nitrogens is 2. The summed E-state index contributed by atoms with van der Waals surface area (Å²) < 4.78 is 1.73. The van der Waals surface area contributed by atoms with Gasteiger partial charge in [-0.3, -0.25) is 4.79 Å². The lowest BCUT2D eigenvalue weighted by atomic mass is 10.2. The number of nitrogens with zero attached hydrogens (tertiary/aromatic N) is 2. The number of hydrogen-bond donors (Lipinski definition) is 1. The van der Waals surface area contributed by atoms with Crippen LogP contribution in [0.3, 0.4) is 0 Å². The molecule has 0 aliphatic heterocycles. The Morgan fingerprint density at radius 2 is 2.29 bits per heavy atom. The van der Waals surface area contributed by atoms with E-state index in [1.807, 2.05) is 0 Å². The van der Waals surface area contributed by atoms with Crippen molar-refractivity contribution in [3.63, 3.8) is 0 Å². The molecule has 2 atom stereocenters. The highest BCUT2D eigenvalue weighted by Crippen LogP contribution is 2.37. The zero-order valence-corrected chi connectivity index (χ0v) is 10.8. The Balaban J connectivity index is 2.03. The van der Waals surface area contributed by atoms with Gasteiger partial charge in [0.15, 0.2) is 5.82 Å². The fraction of sp³-hybridized carbons (Fsp3) is 0.692. The van der Waals surface area contributed by atoms with Crippen molar-refractivity contribution in [2.24, 2.45) is 17.8 Å². The van der Waals surface area contributed by atoms with Gasteiger partial charge in [0.2, 0.25) is 0 Å². The second-order valence-corrected chi connectivity index (χ2v) is 5.48. The van der Waals surface area contributed by atoms with Crippen LogP contribution in [0.4, 0.5) is 5.82 Å². The molecule has 0 radical (unpaired) electrons. The summed E-state index contributed by atoms with van der Waals surface area (Å²) >= 11 is 0. The van der Waals surface area contributed by atoms with Crippen LogP contribution < -0.4 is 10.9 Å². The quantitative estimate of drug-likeness (QED) is 0.848. The van der Waals surface area contributed by atoms with Crippen molar-refractivity contribution in [1.29, 1.82) is 0 Å². The molecule has 0 bridgehead atoms. The molecule has 1 heterocycles. The Hall–Kier alpha value is -1.32. The van der Waals surface area contributed by atoms with Crippen molar-refractivity contribution < 1.29 is 0 Å². The third-order valence-corrected chi connectivity index (χ3v) is 3.28. The van der Waals surface area contributed by atoms with E-state index in [9.17, 15) is 4.79 Å². The van der Waals surface area contributed by atoms with Crippen LogP contribution in [-0.4, -0.2) is 16.1 Å². The van der Waals surface area contributed by atoms with E-state index < -0.39 is 0 Å². The zero-order valence-electron chi connectivity index (χ0n) is 10.8. The van der Waals surface area contributed by atoms with Gasteiger partial charge >= 0.3 is 0 Å². The van der Waals surface area contributed by atoms with Crippen LogP contribution >= 0.6 is 0 Å². The summed E-state index contributed by atoms with van der Waals surface area (Å²) in [6.07, 6.45) is 4.72. The van der Waals surface area contributed by atoms with Crippen LogP contribution in [0.1, 0.15) is 27.2 Å². The first-order valence-electron chi connectivity index (χ1n) is 6.37. The predicted octanol–water partition coefficient (Wildman–Crippen LogP) is 1.97. The van der Waals surface area contributed by atoms with Crippen molar-refractivity contribution in [3.05, 3.63) is 22.7 Å². The Morgan fingerprint density at radius 3 is 2.88 bits per heavy atom. The predicted molar refractivity (Wildman–Crippen MR) is 69.1 cm³/mol. The Labute approximate surface area is 102 Å². The summed E-state index contributed by atoms with van der Waals surface area (Å²) in [5.74, 6) is 2.47. The molecule has 1 aliphatic rings. The third kappa shape index (κ3) is 3.08. The summed E-state index contributed by atoms with van der Waals surface area (Å²) in [5, 5.41) is 3.17. The van der Waals surface area contributed by atoms with E-state index in [1.165, 1.54) is 6.42 Å². The van der Waals surface area contributed by atoms with Crippen molar-refractivity contribution in [3.8, 4) is 0 Å². The summed E-state index contributed by atoms with van der Waals surface area (Å²) in [7, 11) is 0. The molecule has 4 heteroatoms. The van der Waals surface area contributed by atoms with E-state index >= 15 is 0 Å². The fourth-order valence-corrected chi connectivity index (χ4v) is 2.02. The second-order valence-electron chi connectivity index (χ2n) is 5.48. The first-order valence-corrected chi connectivity index (χ1v) is 6.37. The average Bonchev–Trinajstić information content (AvgIpc) is 2.95. The molecule has 1 aromatic rings. The largest absolute Gasteiger partial charge is 0.365 e. The fourth-order valence-electron chi connectivity index (χ4n) is 2.02. The molecule has 1 N–H and O–H groups in total. The van der Waals surface area contributed by atoms with Gasteiger partial charge in [0, 0.05) is 25.5 Å². The number of nitrogens with one attached hydrogen (secondary N) is 1. The van der Waals surface area contributed by atoms with E-state index in [0.717, 1.165) is 24.9 Å². The maximum absolute atomic E-state index is 12.1.